The first kappa shape index (κ1) is 7.34. The van der Waals surface area contributed by atoms with E-state index in [2.05, 4.69) is 5.10 Å². The van der Waals surface area contributed by atoms with E-state index in [4.69, 9.17) is 0 Å². The van der Waals surface area contributed by atoms with Gasteiger partial charge in [-0.1, -0.05) is 0 Å². The molecule has 0 spiro atoms. The van der Waals surface area contributed by atoms with Crippen molar-refractivity contribution in [3.63, 3.8) is 0 Å². The molecule has 1 aromatic heterocycles. The van der Waals surface area contributed by atoms with Crippen molar-refractivity contribution < 1.29 is 4.79 Å². The van der Waals surface area contributed by atoms with Gasteiger partial charge in [-0.25, -0.2) is 0 Å². The standard InChI is InChI=1S/C8H11N3O/c1-7-8-2-3-9-11(8)5-4-10(7)6-12/h2-3,6-7H,4-5H2,1H3/t7-/m1/s1. The molecule has 0 fully saturated rings. The fraction of sp³-hybridized carbons (Fsp3) is 0.500. The van der Waals surface area contributed by atoms with Crippen molar-refractivity contribution in [3.05, 3.63) is 18.0 Å². The summed E-state index contributed by atoms with van der Waals surface area (Å²) in [6, 6.07) is 2.12. The first-order chi connectivity index (χ1) is 5.83. The van der Waals surface area contributed by atoms with Crippen molar-refractivity contribution >= 4 is 6.41 Å². The lowest BCUT2D eigenvalue weighted by molar-refractivity contribution is -0.121. The van der Waals surface area contributed by atoms with E-state index in [1.54, 1.807) is 11.1 Å². The Morgan fingerprint density at radius 1 is 1.67 bits per heavy atom. The lowest BCUT2D eigenvalue weighted by atomic mass is 10.2. The molecule has 4 nitrogen and oxygen atoms in total. The van der Waals surface area contributed by atoms with Gasteiger partial charge in [0.25, 0.3) is 0 Å². The molecule has 0 aliphatic carbocycles. The molecule has 1 amide bonds. The second-order valence-electron chi connectivity index (χ2n) is 3.00. The van der Waals surface area contributed by atoms with Gasteiger partial charge in [0.2, 0.25) is 6.41 Å². The maximum Gasteiger partial charge on any atom is 0.210 e. The fourth-order valence-electron chi connectivity index (χ4n) is 1.60. The second-order valence-corrected chi connectivity index (χ2v) is 3.00. The molecule has 0 N–H and O–H groups in total. The molecule has 12 heavy (non-hydrogen) atoms. The summed E-state index contributed by atoms with van der Waals surface area (Å²) in [5.74, 6) is 0. The Morgan fingerprint density at radius 2 is 2.50 bits per heavy atom. The number of aromatic nitrogens is 2. The molecule has 0 aromatic carbocycles. The number of amides is 1. The molecular formula is C8H11N3O. The first-order valence-corrected chi connectivity index (χ1v) is 4.05. The Morgan fingerprint density at radius 3 is 3.25 bits per heavy atom. The van der Waals surface area contributed by atoms with E-state index in [-0.39, 0.29) is 6.04 Å². The van der Waals surface area contributed by atoms with Crippen LogP contribution in [0.2, 0.25) is 0 Å². The molecule has 2 heterocycles. The van der Waals surface area contributed by atoms with Crippen LogP contribution in [-0.4, -0.2) is 27.6 Å². The maximum absolute atomic E-state index is 10.6. The quantitative estimate of drug-likeness (QED) is 0.565. The highest BCUT2D eigenvalue weighted by Crippen LogP contribution is 2.21. The van der Waals surface area contributed by atoms with Gasteiger partial charge >= 0.3 is 0 Å². The Kier molecular flexibility index (Phi) is 1.60. The van der Waals surface area contributed by atoms with Crippen molar-refractivity contribution in [1.82, 2.24) is 14.7 Å². The summed E-state index contributed by atoms with van der Waals surface area (Å²) in [5.41, 5.74) is 1.12. The second kappa shape index (κ2) is 2.62. The van der Waals surface area contributed by atoms with Gasteiger partial charge in [-0.2, -0.15) is 5.10 Å². The maximum atomic E-state index is 10.6. The molecule has 0 unspecified atom stereocenters. The molecule has 1 aliphatic heterocycles. The zero-order valence-corrected chi connectivity index (χ0v) is 6.97. The number of hydrogen-bond donors (Lipinski definition) is 0. The van der Waals surface area contributed by atoms with Crippen molar-refractivity contribution in [3.8, 4) is 0 Å². The van der Waals surface area contributed by atoms with Crippen molar-refractivity contribution in [2.45, 2.75) is 19.5 Å². The highest BCUT2D eigenvalue weighted by Gasteiger charge is 2.22. The zero-order chi connectivity index (χ0) is 8.55. The molecule has 0 saturated heterocycles. The molecule has 1 aromatic rings. The van der Waals surface area contributed by atoms with E-state index in [1.807, 2.05) is 17.7 Å². The van der Waals surface area contributed by atoms with E-state index in [0.29, 0.717) is 0 Å². The van der Waals surface area contributed by atoms with Gasteiger partial charge in [-0.3, -0.25) is 9.48 Å². The third-order valence-electron chi connectivity index (χ3n) is 2.38. The SMILES string of the molecule is C[C@@H]1c2ccnn2CCN1C=O. The third kappa shape index (κ3) is 0.913. The molecule has 0 radical (unpaired) electrons. The lowest BCUT2D eigenvalue weighted by Gasteiger charge is -2.30. The van der Waals surface area contributed by atoms with Gasteiger partial charge in [0.05, 0.1) is 18.3 Å². The lowest BCUT2D eigenvalue weighted by Crippen LogP contribution is -2.35. The van der Waals surface area contributed by atoms with E-state index < -0.39 is 0 Å². The molecule has 0 saturated carbocycles. The summed E-state index contributed by atoms with van der Waals surface area (Å²) in [5, 5.41) is 4.15. The van der Waals surface area contributed by atoms with Crippen LogP contribution in [0.15, 0.2) is 12.3 Å². The number of carbonyl (C=O) groups is 1. The van der Waals surface area contributed by atoms with Crippen LogP contribution < -0.4 is 0 Å². The number of carbonyl (C=O) groups excluding carboxylic acids is 1. The molecule has 64 valence electrons. The molecule has 1 aliphatic rings. The van der Waals surface area contributed by atoms with Gasteiger partial charge in [0.1, 0.15) is 0 Å². The minimum absolute atomic E-state index is 0.166. The van der Waals surface area contributed by atoms with Crippen LogP contribution in [0.4, 0.5) is 0 Å². The summed E-state index contributed by atoms with van der Waals surface area (Å²) in [7, 11) is 0. The van der Waals surface area contributed by atoms with E-state index in [0.717, 1.165) is 25.2 Å². The summed E-state index contributed by atoms with van der Waals surface area (Å²) >= 11 is 0. The van der Waals surface area contributed by atoms with Gasteiger partial charge < -0.3 is 4.90 Å². The minimum atomic E-state index is 0.166. The zero-order valence-electron chi connectivity index (χ0n) is 6.97. The summed E-state index contributed by atoms with van der Waals surface area (Å²) < 4.78 is 1.95. The van der Waals surface area contributed by atoms with Crippen LogP contribution >= 0.6 is 0 Å². The molecule has 4 heteroatoms. The topological polar surface area (TPSA) is 38.1 Å². The van der Waals surface area contributed by atoms with Gasteiger partial charge in [-0.15, -0.1) is 0 Å². The smallest absolute Gasteiger partial charge is 0.210 e. The molecule has 1 atom stereocenters. The first-order valence-electron chi connectivity index (χ1n) is 4.05. The van der Waals surface area contributed by atoms with Crippen LogP contribution in [0.3, 0.4) is 0 Å². The van der Waals surface area contributed by atoms with Crippen molar-refractivity contribution in [2.24, 2.45) is 0 Å². The third-order valence-corrected chi connectivity index (χ3v) is 2.38. The minimum Gasteiger partial charge on any atom is -0.335 e. The molecule has 0 bridgehead atoms. The Bertz CT molecular complexity index is 294. The largest absolute Gasteiger partial charge is 0.335 e. The van der Waals surface area contributed by atoms with E-state index in [9.17, 15) is 4.79 Å². The summed E-state index contributed by atoms with van der Waals surface area (Å²) in [4.78, 5) is 12.4. The summed E-state index contributed by atoms with van der Waals surface area (Å²) in [6.45, 7) is 3.59. The molecular weight excluding hydrogens is 154 g/mol. The number of fused-ring (bicyclic) bond motifs is 1. The average molecular weight is 165 g/mol. The van der Waals surface area contributed by atoms with Crippen molar-refractivity contribution in [2.75, 3.05) is 6.54 Å². The van der Waals surface area contributed by atoms with Gasteiger partial charge in [0, 0.05) is 12.7 Å². The van der Waals surface area contributed by atoms with Gasteiger partial charge in [0.15, 0.2) is 0 Å². The van der Waals surface area contributed by atoms with E-state index in [1.165, 1.54) is 0 Å². The van der Waals surface area contributed by atoms with Crippen molar-refractivity contribution in [1.29, 1.82) is 0 Å². The monoisotopic (exact) mass is 165 g/mol. The normalized spacial score (nSPS) is 22.1. The van der Waals surface area contributed by atoms with Crippen LogP contribution in [0, 0.1) is 0 Å². The number of rotatable bonds is 1. The number of nitrogens with zero attached hydrogens (tertiary/aromatic N) is 3. The predicted molar refractivity (Wildman–Crippen MR) is 43.4 cm³/mol. The predicted octanol–water partition coefficient (Wildman–Crippen LogP) is 0.416. The van der Waals surface area contributed by atoms with Crippen LogP contribution in [0.1, 0.15) is 18.7 Å². The van der Waals surface area contributed by atoms with Crippen LogP contribution in [0.25, 0.3) is 0 Å². The van der Waals surface area contributed by atoms with Crippen LogP contribution in [0.5, 0.6) is 0 Å². The highest BCUT2D eigenvalue weighted by atomic mass is 16.1. The van der Waals surface area contributed by atoms with Gasteiger partial charge in [-0.05, 0) is 13.0 Å². The highest BCUT2D eigenvalue weighted by molar-refractivity contribution is 5.48. The van der Waals surface area contributed by atoms with E-state index >= 15 is 0 Å². The average Bonchev–Trinajstić information content (AvgIpc) is 2.53. The summed E-state index contributed by atoms with van der Waals surface area (Å²) in [6.07, 6.45) is 2.68. The Hall–Kier alpha value is -1.32. The number of hydrogen-bond acceptors (Lipinski definition) is 2. The molecule has 2 rings (SSSR count). The Balaban J connectivity index is 2.34. The fourth-order valence-corrected chi connectivity index (χ4v) is 1.60. The Labute approximate surface area is 70.8 Å². The van der Waals surface area contributed by atoms with Crippen LogP contribution in [-0.2, 0) is 11.3 Å².